The number of hydrogen-bond donors (Lipinski definition) is 2. The van der Waals surface area contributed by atoms with Gasteiger partial charge in [0.15, 0.2) is 0 Å². The molecule has 2 amide bonds. The standard InChI is InChI=1S/C17H22N4O2S/c1-13-12-18-9-7-14(13)8-10-19-17(22)20-15-5-4-6-16(11-15)21-24(2,3)23/h4-7,9,11-12H,8,10H2,1-3H3,(H2,19,20,22). The van der Waals surface area contributed by atoms with Gasteiger partial charge >= 0.3 is 6.03 Å². The summed E-state index contributed by atoms with van der Waals surface area (Å²) in [6.45, 7) is 2.52. The summed E-state index contributed by atoms with van der Waals surface area (Å²) in [7, 11) is -2.23. The highest BCUT2D eigenvalue weighted by molar-refractivity contribution is 7.92. The summed E-state index contributed by atoms with van der Waals surface area (Å²) in [5, 5.41) is 5.57. The maximum Gasteiger partial charge on any atom is 0.319 e. The smallest absolute Gasteiger partial charge is 0.319 e. The molecule has 1 heterocycles. The number of amides is 2. The number of rotatable bonds is 5. The second kappa shape index (κ2) is 7.92. The van der Waals surface area contributed by atoms with Crippen LogP contribution < -0.4 is 10.6 Å². The molecule has 0 aliphatic rings. The van der Waals surface area contributed by atoms with Gasteiger partial charge in [0.05, 0.1) is 5.69 Å². The minimum absolute atomic E-state index is 0.285. The van der Waals surface area contributed by atoms with Crippen molar-refractivity contribution in [2.45, 2.75) is 13.3 Å². The van der Waals surface area contributed by atoms with Crippen LogP contribution in [0.2, 0.25) is 0 Å². The number of nitrogens with one attached hydrogen (secondary N) is 2. The van der Waals surface area contributed by atoms with Crippen LogP contribution in [-0.2, 0) is 16.1 Å². The number of aromatic nitrogens is 1. The predicted octanol–water partition coefficient (Wildman–Crippen LogP) is 3.11. The first kappa shape index (κ1) is 17.9. The van der Waals surface area contributed by atoms with Crippen LogP contribution in [0.25, 0.3) is 0 Å². The van der Waals surface area contributed by atoms with Gasteiger partial charge in [-0.25, -0.2) is 9.00 Å². The number of hydrogen-bond acceptors (Lipinski definition) is 4. The summed E-state index contributed by atoms with van der Waals surface area (Å²) in [5.41, 5.74) is 3.45. The molecule has 2 aromatic rings. The molecule has 0 spiro atoms. The molecule has 0 fully saturated rings. The van der Waals surface area contributed by atoms with Gasteiger partial charge in [0, 0.05) is 46.9 Å². The molecule has 0 saturated carbocycles. The Morgan fingerprint density at radius 2 is 2.08 bits per heavy atom. The van der Waals surface area contributed by atoms with Crippen molar-refractivity contribution in [3.8, 4) is 0 Å². The van der Waals surface area contributed by atoms with Gasteiger partial charge < -0.3 is 10.6 Å². The Morgan fingerprint density at radius 1 is 1.29 bits per heavy atom. The minimum atomic E-state index is -2.23. The van der Waals surface area contributed by atoms with Gasteiger partial charge in [-0.1, -0.05) is 6.07 Å². The fraction of sp³-hybridized carbons (Fsp3) is 0.294. The average Bonchev–Trinajstić information content (AvgIpc) is 2.48. The van der Waals surface area contributed by atoms with Gasteiger partial charge in [-0.2, -0.15) is 4.36 Å². The lowest BCUT2D eigenvalue weighted by atomic mass is 10.1. The number of pyridine rings is 1. The van der Waals surface area contributed by atoms with Crippen molar-refractivity contribution in [3.63, 3.8) is 0 Å². The lowest BCUT2D eigenvalue weighted by Crippen LogP contribution is -2.30. The Morgan fingerprint density at radius 3 is 2.79 bits per heavy atom. The fourth-order valence-electron chi connectivity index (χ4n) is 2.16. The zero-order chi connectivity index (χ0) is 17.6. The van der Waals surface area contributed by atoms with E-state index in [0.717, 1.165) is 17.5 Å². The van der Waals surface area contributed by atoms with E-state index >= 15 is 0 Å². The predicted molar refractivity (Wildman–Crippen MR) is 98.2 cm³/mol. The van der Waals surface area contributed by atoms with Crippen molar-refractivity contribution in [1.29, 1.82) is 0 Å². The molecule has 7 heteroatoms. The van der Waals surface area contributed by atoms with Gasteiger partial charge in [-0.15, -0.1) is 0 Å². The lowest BCUT2D eigenvalue weighted by Gasteiger charge is -2.09. The van der Waals surface area contributed by atoms with Gasteiger partial charge in [0.2, 0.25) is 0 Å². The van der Waals surface area contributed by atoms with Crippen molar-refractivity contribution in [2.75, 3.05) is 24.4 Å². The summed E-state index contributed by atoms with van der Waals surface area (Å²) in [6, 6.07) is 8.64. The van der Waals surface area contributed by atoms with Crippen molar-refractivity contribution in [3.05, 3.63) is 53.9 Å². The van der Waals surface area contributed by atoms with Crippen LogP contribution in [0.3, 0.4) is 0 Å². The molecular formula is C17H22N4O2S. The first-order valence-electron chi connectivity index (χ1n) is 7.55. The minimum Gasteiger partial charge on any atom is -0.338 e. The van der Waals surface area contributed by atoms with E-state index in [1.54, 1.807) is 43.0 Å². The van der Waals surface area contributed by atoms with Gasteiger partial charge in [0.25, 0.3) is 0 Å². The Labute approximate surface area is 142 Å². The zero-order valence-electron chi connectivity index (χ0n) is 14.1. The van der Waals surface area contributed by atoms with E-state index in [1.165, 1.54) is 0 Å². The molecule has 128 valence electrons. The van der Waals surface area contributed by atoms with Crippen LogP contribution in [0.15, 0.2) is 47.1 Å². The molecule has 0 atom stereocenters. The Balaban J connectivity index is 1.90. The van der Waals surface area contributed by atoms with Crippen molar-refractivity contribution in [2.24, 2.45) is 4.36 Å². The highest BCUT2D eigenvalue weighted by atomic mass is 32.2. The normalized spacial score (nSPS) is 11.0. The van der Waals surface area contributed by atoms with E-state index in [9.17, 15) is 9.00 Å². The molecule has 0 unspecified atom stereocenters. The van der Waals surface area contributed by atoms with Gasteiger partial charge in [0.1, 0.15) is 0 Å². The molecule has 2 rings (SSSR count). The zero-order valence-corrected chi connectivity index (χ0v) is 14.9. The SMILES string of the molecule is Cc1cnccc1CCNC(=O)Nc1cccc(N=S(C)(C)=O)c1. The van der Waals surface area contributed by atoms with E-state index < -0.39 is 9.73 Å². The van der Waals surface area contributed by atoms with Crippen LogP contribution >= 0.6 is 0 Å². The Bertz CT molecular complexity index is 834. The summed E-state index contributed by atoms with van der Waals surface area (Å²) in [5.74, 6) is 0. The van der Waals surface area contributed by atoms with Crippen LogP contribution in [0.4, 0.5) is 16.2 Å². The first-order valence-corrected chi connectivity index (χ1v) is 9.88. The van der Waals surface area contributed by atoms with E-state index in [1.807, 2.05) is 19.2 Å². The second-order valence-corrected chi connectivity index (χ2v) is 8.30. The molecule has 24 heavy (non-hydrogen) atoms. The summed E-state index contributed by atoms with van der Waals surface area (Å²) >= 11 is 0. The fourth-order valence-corrected chi connectivity index (χ4v) is 2.78. The van der Waals surface area contributed by atoms with Gasteiger partial charge in [-0.3, -0.25) is 4.98 Å². The number of anilines is 1. The Kier molecular flexibility index (Phi) is 5.92. The number of aryl methyl sites for hydroxylation is 1. The molecule has 0 aliphatic heterocycles. The third kappa shape index (κ3) is 6.00. The molecule has 1 aromatic carbocycles. The number of benzene rings is 1. The van der Waals surface area contributed by atoms with Crippen molar-refractivity contribution >= 4 is 27.1 Å². The summed E-state index contributed by atoms with van der Waals surface area (Å²) in [6.07, 6.45) is 7.44. The first-order chi connectivity index (χ1) is 11.3. The third-order valence-corrected chi connectivity index (χ3v) is 3.90. The van der Waals surface area contributed by atoms with Gasteiger partial charge in [-0.05, 0) is 48.7 Å². The van der Waals surface area contributed by atoms with Crippen LogP contribution in [0.5, 0.6) is 0 Å². The monoisotopic (exact) mass is 346 g/mol. The van der Waals surface area contributed by atoms with Crippen LogP contribution in [-0.4, -0.2) is 34.3 Å². The maximum absolute atomic E-state index is 12.0. The van der Waals surface area contributed by atoms with Crippen LogP contribution in [0, 0.1) is 6.92 Å². The average molecular weight is 346 g/mol. The molecule has 0 aliphatic carbocycles. The lowest BCUT2D eigenvalue weighted by molar-refractivity contribution is 0.252. The van der Waals surface area contributed by atoms with Crippen LogP contribution in [0.1, 0.15) is 11.1 Å². The highest BCUT2D eigenvalue weighted by Gasteiger charge is 2.04. The van der Waals surface area contributed by atoms with Crippen molar-refractivity contribution < 1.29 is 9.00 Å². The molecule has 1 aromatic heterocycles. The Hall–Kier alpha value is -2.41. The topological polar surface area (TPSA) is 83.4 Å². The molecule has 0 bridgehead atoms. The van der Waals surface area contributed by atoms with E-state index in [-0.39, 0.29) is 6.03 Å². The van der Waals surface area contributed by atoms with E-state index in [2.05, 4.69) is 20.0 Å². The quantitative estimate of drug-likeness (QED) is 0.872. The van der Waals surface area contributed by atoms with E-state index in [0.29, 0.717) is 17.9 Å². The van der Waals surface area contributed by atoms with E-state index in [4.69, 9.17) is 0 Å². The number of nitrogens with zero attached hydrogens (tertiary/aromatic N) is 2. The maximum atomic E-state index is 12.0. The highest BCUT2D eigenvalue weighted by Crippen LogP contribution is 2.19. The third-order valence-electron chi connectivity index (χ3n) is 3.25. The van der Waals surface area contributed by atoms with Crippen molar-refractivity contribution in [1.82, 2.24) is 10.3 Å². The number of urea groups is 1. The summed E-state index contributed by atoms with van der Waals surface area (Å²) in [4.78, 5) is 16.0. The molecule has 0 radical (unpaired) electrons. The largest absolute Gasteiger partial charge is 0.338 e. The molecule has 2 N–H and O–H groups in total. The molecular weight excluding hydrogens is 324 g/mol. The molecule has 6 nitrogen and oxygen atoms in total. The number of carbonyl (C=O) groups excluding carboxylic acids is 1. The number of carbonyl (C=O) groups is 1. The molecule has 0 saturated heterocycles. The summed E-state index contributed by atoms with van der Waals surface area (Å²) < 4.78 is 15.8. The second-order valence-electron chi connectivity index (χ2n) is 5.76.